The van der Waals surface area contributed by atoms with Gasteiger partial charge in [-0.05, 0) is 74.2 Å². The molecule has 3 aromatic carbocycles. The molecular weight excluding hydrogens is 846 g/mol. The molecule has 0 spiro atoms. The summed E-state index contributed by atoms with van der Waals surface area (Å²) >= 11 is 0. The zero-order valence-electron chi connectivity index (χ0n) is 34.8. The van der Waals surface area contributed by atoms with E-state index < -0.39 is 59.7 Å². The Morgan fingerprint density at radius 3 is 1.16 bits per heavy atom. The maximum atomic E-state index is 14.9. The molecule has 342 valence electrons. The Labute approximate surface area is 367 Å². The molecule has 0 heterocycles. The molecule has 0 aliphatic carbocycles. The Morgan fingerprint density at radius 2 is 0.812 bits per heavy atom. The first-order valence-corrected chi connectivity index (χ1v) is 19.6. The van der Waals surface area contributed by atoms with Gasteiger partial charge in [0.25, 0.3) is 0 Å². The second-order valence-corrected chi connectivity index (χ2v) is 13.0. The fourth-order valence-electron chi connectivity index (χ4n) is 4.95. The molecule has 0 aromatic heterocycles. The lowest BCUT2D eigenvalue weighted by Crippen LogP contribution is -2.29. The first-order chi connectivity index (χ1) is 30.8. The molecule has 0 saturated heterocycles. The SMILES string of the molecule is C=CC(=O)OCC(COCCCCOc1ccc(C(=O)Oc2ccc(OC(=O)c3ccc(OCCCCOCC(COC(=O)C=C)OC(=O)C=C)cc3F)cc2)c(F)c1)OC(=O)C=C. The van der Waals surface area contributed by atoms with E-state index in [0.717, 1.165) is 36.4 Å². The third-order valence-corrected chi connectivity index (χ3v) is 8.13. The third-order valence-electron chi connectivity index (χ3n) is 8.13. The van der Waals surface area contributed by atoms with Crippen molar-refractivity contribution < 1.29 is 84.9 Å². The van der Waals surface area contributed by atoms with Crippen LogP contribution in [0.15, 0.2) is 111 Å². The van der Waals surface area contributed by atoms with E-state index in [1.807, 2.05) is 0 Å². The molecule has 16 nitrogen and oxygen atoms in total. The molecule has 0 bridgehead atoms. The zero-order chi connectivity index (χ0) is 46.7. The van der Waals surface area contributed by atoms with Crippen molar-refractivity contribution >= 4 is 35.8 Å². The van der Waals surface area contributed by atoms with Gasteiger partial charge in [-0.1, -0.05) is 26.3 Å². The number of hydrogen-bond donors (Lipinski definition) is 0. The van der Waals surface area contributed by atoms with Crippen molar-refractivity contribution in [2.24, 2.45) is 0 Å². The Morgan fingerprint density at radius 1 is 0.469 bits per heavy atom. The van der Waals surface area contributed by atoms with Crippen LogP contribution in [-0.4, -0.2) is 101 Å². The normalized spacial score (nSPS) is 11.4. The molecule has 18 heteroatoms. The second-order valence-electron chi connectivity index (χ2n) is 13.0. The Bertz CT molecular complexity index is 1940. The summed E-state index contributed by atoms with van der Waals surface area (Å²) in [5.74, 6) is -6.16. The van der Waals surface area contributed by atoms with Crippen molar-refractivity contribution in [2.45, 2.75) is 37.9 Å². The highest BCUT2D eigenvalue weighted by atomic mass is 19.1. The quantitative estimate of drug-likeness (QED) is 0.0234. The number of unbranched alkanes of at least 4 members (excludes halogenated alkanes) is 2. The van der Waals surface area contributed by atoms with Crippen LogP contribution in [0.5, 0.6) is 23.0 Å². The van der Waals surface area contributed by atoms with Crippen molar-refractivity contribution in [2.75, 3.05) is 52.9 Å². The molecule has 0 saturated carbocycles. The van der Waals surface area contributed by atoms with Crippen LogP contribution in [-0.2, 0) is 47.6 Å². The van der Waals surface area contributed by atoms with Gasteiger partial charge < -0.3 is 47.4 Å². The topological polar surface area (TPSA) is 195 Å². The lowest BCUT2D eigenvalue weighted by Gasteiger charge is -2.17. The van der Waals surface area contributed by atoms with Gasteiger partial charge in [-0.25, -0.2) is 37.5 Å². The largest absolute Gasteiger partial charge is 0.493 e. The monoisotopic (exact) mass is 894 g/mol. The maximum Gasteiger partial charge on any atom is 0.346 e. The zero-order valence-corrected chi connectivity index (χ0v) is 34.8. The van der Waals surface area contributed by atoms with Crippen LogP contribution in [0.2, 0.25) is 0 Å². The van der Waals surface area contributed by atoms with Crippen LogP contribution >= 0.6 is 0 Å². The van der Waals surface area contributed by atoms with E-state index in [-0.39, 0.29) is 87.0 Å². The minimum absolute atomic E-state index is 0.0127. The van der Waals surface area contributed by atoms with Crippen molar-refractivity contribution in [1.82, 2.24) is 0 Å². The molecule has 0 aliphatic rings. The van der Waals surface area contributed by atoms with Gasteiger partial charge in [0.2, 0.25) is 0 Å². The first-order valence-electron chi connectivity index (χ1n) is 19.6. The molecule has 0 amide bonds. The fourth-order valence-corrected chi connectivity index (χ4v) is 4.95. The summed E-state index contributed by atoms with van der Waals surface area (Å²) in [5.41, 5.74) is -0.723. The van der Waals surface area contributed by atoms with Crippen molar-refractivity contribution in [3.63, 3.8) is 0 Å². The molecule has 0 N–H and O–H groups in total. The minimum Gasteiger partial charge on any atom is -0.493 e. The Kier molecular flexibility index (Phi) is 22.7. The van der Waals surface area contributed by atoms with E-state index in [2.05, 4.69) is 26.3 Å². The smallest absolute Gasteiger partial charge is 0.346 e. The van der Waals surface area contributed by atoms with Crippen molar-refractivity contribution in [1.29, 1.82) is 0 Å². The molecule has 0 fully saturated rings. The van der Waals surface area contributed by atoms with Gasteiger partial charge >= 0.3 is 35.8 Å². The summed E-state index contributed by atoms with van der Waals surface area (Å²) < 4.78 is 82.4. The van der Waals surface area contributed by atoms with Crippen LogP contribution < -0.4 is 18.9 Å². The molecule has 2 atom stereocenters. The summed E-state index contributed by atoms with van der Waals surface area (Å²) in [6, 6.07) is 12.5. The number of benzene rings is 3. The van der Waals surface area contributed by atoms with Gasteiger partial charge in [0, 0.05) is 49.7 Å². The molecular formula is C46H48F2O16. The second kappa shape index (κ2) is 28.4. The summed E-state index contributed by atoms with van der Waals surface area (Å²) in [5, 5.41) is 0. The average molecular weight is 895 g/mol. The Hall–Kier alpha value is -7.18. The van der Waals surface area contributed by atoms with E-state index in [1.165, 1.54) is 48.5 Å². The highest BCUT2D eigenvalue weighted by Gasteiger charge is 2.19. The lowest BCUT2D eigenvalue weighted by atomic mass is 10.2. The summed E-state index contributed by atoms with van der Waals surface area (Å²) in [7, 11) is 0. The van der Waals surface area contributed by atoms with Crippen LogP contribution in [0, 0.1) is 11.6 Å². The molecule has 64 heavy (non-hydrogen) atoms. The van der Waals surface area contributed by atoms with Gasteiger partial charge in [-0.2, -0.15) is 0 Å². The van der Waals surface area contributed by atoms with Gasteiger partial charge in [-0.3, -0.25) is 0 Å². The van der Waals surface area contributed by atoms with Crippen LogP contribution in [0.25, 0.3) is 0 Å². The predicted octanol–water partition coefficient (Wildman–Crippen LogP) is 6.41. The number of rotatable bonds is 30. The number of halogens is 2. The van der Waals surface area contributed by atoms with Crippen LogP contribution in [0.1, 0.15) is 46.4 Å². The third kappa shape index (κ3) is 19.3. The van der Waals surface area contributed by atoms with Crippen LogP contribution in [0.3, 0.4) is 0 Å². The van der Waals surface area contributed by atoms with E-state index >= 15 is 0 Å². The van der Waals surface area contributed by atoms with Gasteiger partial charge in [-0.15, -0.1) is 0 Å². The molecule has 2 unspecified atom stereocenters. The highest BCUT2D eigenvalue weighted by molar-refractivity contribution is 5.92. The van der Waals surface area contributed by atoms with E-state index in [0.29, 0.717) is 25.7 Å². The highest BCUT2D eigenvalue weighted by Crippen LogP contribution is 2.24. The van der Waals surface area contributed by atoms with E-state index in [4.69, 9.17) is 47.4 Å². The van der Waals surface area contributed by atoms with E-state index in [1.54, 1.807) is 0 Å². The Balaban J connectivity index is 1.36. The maximum absolute atomic E-state index is 14.9. The number of carbonyl (C=O) groups excluding carboxylic acids is 6. The van der Waals surface area contributed by atoms with E-state index in [9.17, 15) is 37.5 Å². The summed E-state index contributed by atoms with van der Waals surface area (Å²) in [4.78, 5) is 71.1. The average Bonchev–Trinajstić information content (AvgIpc) is 3.29. The van der Waals surface area contributed by atoms with Crippen molar-refractivity contribution in [3.05, 3.63) is 134 Å². The standard InChI is InChI=1S/C46H48F2O16/c1-5-41(49)59-29-35(61-43(51)7-3)27-55-21-9-11-23-57-33-17-19-37(39(47)25-33)45(53)63-31-13-15-32(16-14-31)64-46(54)38-20-18-34(26-40(38)48)58-24-12-10-22-56-28-36(62-44(52)8-4)30-60-42(50)6-2/h5-8,13-20,25-26,35-36H,1-4,9-12,21-24,27-30H2. The summed E-state index contributed by atoms with van der Waals surface area (Å²) in [6.45, 7) is 13.6. The predicted molar refractivity (Wildman–Crippen MR) is 223 cm³/mol. The minimum atomic E-state index is -0.998. The summed E-state index contributed by atoms with van der Waals surface area (Å²) in [6.07, 6.45) is 4.31. The van der Waals surface area contributed by atoms with Gasteiger partial charge in [0.15, 0.2) is 12.2 Å². The van der Waals surface area contributed by atoms with Gasteiger partial charge in [0.1, 0.15) is 47.8 Å². The number of carbonyl (C=O) groups is 6. The number of hydrogen-bond acceptors (Lipinski definition) is 16. The fraction of sp³-hybridized carbons (Fsp3) is 0.304. The van der Waals surface area contributed by atoms with Crippen molar-refractivity contribution in [3.8, 4) is 23.0 Å². The first kappa shape index (κ1) is 51.2. The molecule has 3 rings (SSSR count). The van der Waals surface area contributed by atoms with Crippen LogP contribution in [0.4, 0.5) is 8.78 Å². The number of esters is 6. The molecule has 0 radical (unpaired) electrons. The molecule has 0 aliphatic heterocycles. The molecule has 3 aromatic rings. The van der Waals surface area contributed by atoms with Gasteiger partial charge in [0.05, 0.1) is 37.6 Å². The number of ether oxygens (including phenoxy) is 10. The lowest BCUT2D eigenvalue weighted by molar-refractivity contribution is -0.156.